The molecule has 0 aliphatic carbocycles. The van der Waals surface area contributed by atoms with E-state index in [1.54, 1.807) is 43.2 Å². The molecule has 0 unspecified atom stereocenters. The highest BCUT2D eigenvalue weighted by Gasteiger charge is 2.11. The summed E-state index contributed by atoms with van der Waals surface area (Å²) < 4.78 is 1.65. The maximum Gasteiger partial charge on any atom is 0.273 e. The van der Waals surface area contributed by atoms with Crippen LogP contribution in [0.2, 0.25) is 0 Å². The lowest BCUT2D eigenvalue weighted by Gasteiger charge is -2.07. The van der Waals surface area contributed by atoms with Crippen molar-refractivity contribution in [3.63, 3.8) is 0 Å². The number of hydrogen-bond donors (Lipinski definition) is 1. The summed E-state index contributed by atoms with van der Waals surface area (Å²) in [6, 6.07) is 8.99. The van der Waals surface area contributed by atoms with Gasteiger partial charge in [0.15, 0.2) is 5.69 Å². The third-order valence-corrected chi connectivity index (χ3v) is 2.37. The molecule has 17 heavy (non-hydrogen) atoms. The van der Waals surface area contributed by atoms with Crippen molar-refractivity contribution in [2.45, 2.75) is 0 Å². The van der Waals surface area contributed by atoms with Crippen LogP contribution in [0.25, 0.3) is 5.69 Å². The van der Waals surface area contributed by atoms with Crippen LogP contribution >= 0.6 is 0 Å². The summed E-state index contributed by atoms with van der Waals surface area (Å²) in [7, 11) is 3.40. The van der Waals surface area contributed by atoms with Crippen LogP contribution in [0, 0.1) is 0 Å². The van der Waals surface area contributed by atoms with E-state index < -0.39 is 0 Å². The maximum atomic E-state index is 11.7. The SMILES string of the molecule is CN(C)C(=O)c1ccn(-c2ccc(N)cc2)n1. The molecule has 1 aromatic heterocycles. The molecule has 1 aromatic carbocycles. The van der Waals surface area contributed by atoms with Crippen LogP contribution in [0.3, 0.4) is 0 Å². The van der Waals surface area contributed by atoms with Gasteiger partial charge < -0.3 is 10.6 Å². The monoisotopic (exact) mass is 230 g/mol. The molecule has 2 rings (SSSR count). The van der Waals surface area contributed by atoms with Crippen molar-refractivity contribution in [2.75, 3.05) is 19.8 Å². The van der Waals surface area contributed by atoms with Gasteiger partial charge in [-0.3, -0.25) is 4.79 Å². The van der Waals surface area contributed by atoms with Gasteiger partial charge in [0, 0.05) is 26.0 Å². The standard InChI is InChI=1S/C12H14N4O/c1-15(2)12(17)11-7-8-16(14-11)10-5-3-9(13)4-6-10/h3-8H,13H2,1-2H3. The lowest BCUT2D eigenvalue weighted by molar-refractivity contribution is 0.0821. The second-order valence-corrected chi connectivity index (χ2v) is 3.94. The molecule has 0 aliphatic heterocycles. The molecule has 0 fully saturated rings. The van der Waals surface area contributed by atoms with E-state index in [2.05, 4.69) is 5.10 Å². The Labute approximate surface area is 99.5 Å². The summed E-state index contributed by atoms with van der Waals surface area (Å²) >= 11 is 0. The number of hydrogen-bond acceptors (Lipinski definition) is 3. The first-order valence-electron chi connectivity index (χ1n) is 5.21. The number of benzene rings is 1. The van der Waals surface area contributed by atoms with E-state index in [0.29, 0.717) is 11.4 Å². The van der Waals surface area contributed by atoms with Crippen molar-refractivity contribution < 1.29 is 4.79 Å². The Morgan fingerprint density at radius 3 is 2.47 bits per heavy atom. The Hall–Kier alpha value is -2.30. The Balaban J connectivity index is 2.30. The number of aromatic nitrogens is 2. The summed E-state index contributed by atoms with van der Waals surface area (Å²) in [5.41, 5.74) is 7.60. The predicted octanol–water partition coefficient (Wildman–Crippen LogP) is 1.16. The number of carbonyl (C=O) groups excluding carboxylic acids is 1. The van der Waals surface area contributed by atoms with Crippen LogP contribution in [0.15, 0.2) is 36.5 Å². The Morgan fingerprint density at radius 1 is 1.24 bits per heavy atom. The average molecular weight is 230 g/mol. The quantitative estimate of drug-likeness (QED) is 0.787. The summed E-state index contributed by atoms with van der Waals surface area (Å²) in [5.74, 6) is -0.112. The number of carbonyl (C=O) groups is 1. The minimum atomic E-state index is -0.112. The van der Waals surface area contributed by atoms with E-state index >= 15 is 0 Å². The van der Waals surface area contributed by atoms with Crippen molar-refractivity contribution in [2.24, 2.45) is 0 Å². The smallest absolute Gasteiger partial charge is 0.273 e. The second kappa shape index (κ2) is 4.29. The molecule has 0 saturated carbocycles. The molecule has 0 atom stereocenters. The van der Waals surface area contributed by atoms with Crippen LogP contribution in [-0.4, -0.2) is 34.7 Å². The molecule has 0 bridgehead atoms. The molecule has 1 amide bonds. The highest BCUT2D eigenvalue weighted by atomic mass is 16.2. The summed E-state index contributed by atoms with van der Waals surface area (Å²) in [6.45, 7) is 0. The molecule has 1 heterocycles. The lowest BCUT2D eigenvalue weighted by Crippen LogP contribution is -2.22. The largest absolute Gasteiger partial charge is 0.399 e. The van der Waals surface area contributed by atoms with Gasteiger partial charge >= 0.3 is 0 Å². The average Bonchev–Trinajstić information content (AvgIpc) is 2.78. The zero-order valence-electron chi connectivity index (χ0n) is 9.79. The second-order valence-electron chi connectivity index (χ2n) is 3.94. The molecule has 2 aromatic rings. The minimum absolute atomic E-state index is 0.112. The summed E-state index contributed by atoms with van der Waals surface area (Å²) in [4.78, 5) is 13.2. The Morgan fingerprint density at radius 2 is 1.88 bits per heavy atom. The number of nitrogen functional groups attached to an aromatic ring is 1. The number of nitrogens with two attached hydrogens (primary N) is 1. The fourth-order valence-electron chi connectivity index (χ4n) is 1.44. The predicted molar refractivity (Wildman–Crippen MR) is 66.0 cm³/mol. The van der Waals surface area contributed by atoms with Crippen LogP contribution < -0.4 is 5.73 Å². The van der Waals surface area contributed by atoms with Crippen molar-refractivity contribution in [3.05, 3.63) is 42.2 Å². The first-order chi connectivity index (χ1) is 8.08. The lowest BCUT2D eigenvalue weighted by atomic mass is 10.3. The van der Waals surface area contributed by atoms with E-state index in [1.165, 1.54) is 4.90 Å². The van der Waals surface area contributed by atoms with Gasteiger partial charge in [-0.1, -0.05) is 0 Å². The van der Waals surface area contributed by atoms with Crippen molar-refractivity contribution in [1.29, 1.82) is 0 Å². The summed E-state index contributed by atoms with van der Waals surface area (Å²) in [6.07, 6.45) is 1.75. The van der Waals surface area contributed by atoms with E-state index in [9.17, 15) is 4.79 Å². The van der Waals surface area contributed by atoms with Crippen LogP contribution in [0.4, 0.5) is 5.69 Å². The van der Waals surface area contributed by atoms with Gasteiger partial charge in [0.05, 0.1) is 5.69 Å². The zero-order chi connectivity index (χ0) is 12.4. The van der Waals surface area contributed by atoms with Gasteiger partial charge in [0.1, 0.15) is 0 Å². The first kappa shape index (κ1) is 11.2. The van der Waals surface area contributed by atoms with E-state index in [0.717, 1.165) is 5.69 Å². The topological polar surface area (TPSA) is 64.2 Å². The molecule has 5 heteroatoms. The number of rotatable bonds is 2. The number of anilines is 1. The van der Waals surface area contributed by atoms with Crippen molar-refractivity contribution >= 4 is 11.6 Å². The fourth-order valence-corrected chi connectivity index (χ4v) is 1.44. The molecule has 88 valence electrons. The number of nitrogens with zero attached hydrogens (tertiary/aromatic N) is 3. The highest BCUT2D eigenvalue weighted by molar-refractivity contribution is 5.91. The van der Waals surface area contributed by atoms with Gasteiger partial charge in [-0.05, 0) is 30.3 Å². The van der Waals surface area contributed by atoms with Gasteiger partial charge in [0.25, 0.3) is 5.91 Å². The highest BCUT2D eigenvalue weighted by Crippen LogP contribution is 2.11. The maximum absolute atomic E-state index is 11.7. The van der Waals surface area contributed by atoms with Gasteiger partial charge in [-0.25, -0.2) is 4.68 Å². The van der Waals surface area contributed by atoms with E-state index in [4.69, 9.17) is 5.73 Å². The van der Waals surface area contributed by atoms with Gasteiger partial charge in [0.2, 0.25) is 0 Å². The van der Waals surface area contributed by atoms with Gasteiger partial charge in [-0.2, -0.15) is 5.10 Å². The molecular weight excluding hydrogens is 216 g/mol. The zero-order valence-corrected chi connectivity index (χ0v) is 9.79. The molecule has 2 N–H and O–H groups in total. The minimum Gasteiger partial charge on any atom is -0.399 e. The molecule has 0 aliphatic rings. The normalized spacial score (nSPS) is 10.2. The third kappa shape index (κ3) is 2.28. The summed E-state index contributed by atoms with van der Waals surface area (Å²) in [5, 5.41) is 4.22. The molecule has 0 spiro atoms. The number of amides is 1. The van der Waals surface area contributed by atoms with E-state index in [1.807, 2.05) is 12.1 Å². The van der Waals surface area contributed by atoms with Crippen LogP contribution in [-0.2, 0) is 0 Å². The van der Waals surface area contributed by atoms with Crippen molar-refractivity contribution in [3.8, 4) is 5.69 Å². The van der Waals surface area contributed by atoms with Crippen LogP contribution in [0.5, 0.6) is 0 Å². The third-order valence-electron chi connectivity index (χ3n) is 2.37. The van der Waals surface area contributed by atoms with Crippen molar-refractivity contribution in [1.82, 2.24) is 14.7 Å². The van der Waals surface area contributed by atoms with E-state index in [-0.39, 0.29) is 5.91 Å². The first-order valence-corrected chi connectivity index (χ1v) is 5.21. The molecule has 0 radical (unpaired) electrons. The Bertz CT molecular complexity index is 528. The Kier molecular flexibility index (Phi) is 2.82. The molecular formula is C12H14N4O. The molecule has 0 saturated heterocycles. The molecule has 5 nitrogen and oxygen atoms in total. The van der Waals surface area contributed by atoms with Gasteiger partial charge in [-0.15, -0.1) is 0 Å². The van der Waals surface area contributed by atoms with Crippen LogP contribution in [0.1, 0.15) is 10.5 Å². The fraction of sp³-hybridized carbons (Fsp3) is 0.167.